The van der Waals surface area contributed by atoms with Crippen LogP contribution in [0.25, 0.3) is 0 Å². The fourth-order valence-corrected chi connectivity index (χ4v) is 4.96. The molecule has 0 atom stereocenters. The smallest absolute Gasteiger partial charge is 0.243 e. The van der Waals surface area contributed by atoms with E-state index in [9.17, 15) is 13.2 Å². The van der Waals surface area contributed by atoms with Crippen molar-refractivity contribution in [2.45, 2.75) is 37.5 Å². The van der Waals surface area contributed by atoms with E-state index in [0.29, 0.717) is 18.8 Å². The van der Waals surface area contributed by atoms with Crippen LogP contribution in [-0.4, -0.2) is 37.5 Å². The fourth-order valence-electron chi connectivity index (χ4n) is 2.67. The van der Waals surface area contributed by atoms with E-state index in [2.05, 4.69) is 5.32 Å². The lowest BCUT2D eigenvalue weighted by atomic mass is 10.1. The van der Waals surface area contributed by atoms with Gasteiger partial charge >= 0.3 is 0 Å². The summed E-state index contributed by atoms with van der Waals surface area (Å²) in [6, 6.07) is 12.9. The van der Waals surface area contributed by atoms with Gasteiger partial charge in [0.05, 0.1) is 10.6 Å². The Hall–Kier alpha value is -1.83. The third kappa shape index (κ3) is 5.34. The van der Waals surface area contributed by atoms with E-state index in [0.717, 1.165) is 16.0 Å². The second-order valence-electron chi connectivity index (χ2n) is 6.15. The zero-order valence-electron chi connectivity index (χ0n) is 16.2. The third-order valence-electron chi connectivity index (χ3n) is 4.37. The van der Waals surface area contributed by atoms with Crippen LogP contribution < -0.4 is 5.32 Å². The number of hydrogen-bond donors (Lipinski definition) is 1. The van der Waals surface area contributed by atoms with E-state index in [1.54, 1.807) is 12.1 Å². The van der Waals surface area contributed by atoms with Crippen molar-refractivity contribution in [3.63, 3.8) is 0 Å². The van der Waals surface area contributed by atoms with Crippen LogP contribution in [0.1, 0.15) is 25.0 Å². The zero-order chi connectivity index (χ0) is 20.0. The summed E-state index contributed by atoms with van der Waals surface area (Å²) in [5.41, 5.74) is 2.24. The topological polar surface area (TPSA) is 66.5 Å². The average molecular weight is 407 g/mol. The Bertz CT molecular complexity index is 893. The van der Waals surface area contributed by atoms with Crippen molar-refractivity contribution in [2.75, 3.05) is 24.2 Å². The minimum absolute atomic E-state index is 0.163. The Morgan fingerprint density at radius 3 is 2.30 bits per heavy atom. The standard InChI is InChI=1S/C20H26N2O3S2/c1-5-22(6-2)27(24,25)18-12-15(3)16(4)19(13-18)21-20(23)14-26-17-10-8-7-9-11-17/h7-13H,5-6,14H2,1-4H3,(H,21,23). The van der Waals surface area contributed by atoms with E-state index >= 15 is 0 Å². The third-order valence-corrected chi connectivity index (χ3v) is 7.41. The van der Waals surface area contributed by atoms with Crippen molar-refractivity contribution < 1.29 is 13.2 Å². The molecule has 0 aliphatic carbocycles. The van der Waals surface area contributed by atoms with Crippen molar-refractivity contribution in [1.82, 2.24) is 4.31 Å². The molecule has 5 nitrogen and oxygen atoms in total. The molecule has 2 rings (SSSR count). The molecule has 27 heavy (non-hydrogen) atoms. The maximum atomic E-state index is 12.8. The molecule has 7 heteroatoms. The number of benzene rings is 2. The van der Waals surface area contributed by atoms with E-state index in [1.165, 1.54) is 16.1 Å². The van der Waals surface area contributed by atoms with E-state index < -0.39 is 10.0 Å². The van der Waals surface area contributed by atoms with Crippen LogP contribution in [0, 0.1) is 13.8 Å². The number of sulfonamides is 1. The highest BCUT2D eigenvalue weighted by atomic mass is 32.2. The maximum Gasteiger partial charge on any atom is 0.243 e. The van der Waals surface area contributed by atoms with Crippen molar-refractivity contribution in [3.8, 4) is 0 Å². The van der Waals surface area contributed by atoms with Gasteiger partial charge in [0.2, 0.25) is 15.9 Å². The van der Waals surface area contributed by atoms with Gasteiger partial charge in [0.1, 0.15) is 0 Å². The van der Waals surface area contributed by atoms with Gasteiger partial charge in [-0.05, 0) is 49.2 Å². The minimum atomic E-state index is -3.58. The number of thioether (sulfide) groups is 1. The summed E-state index contributed by atoms with van der Waals surface area (Å²) in [6.07, 6.45) is 0. The number of amides is 1. The first-order valence-electron chi connectivity index (χ1n) is 8.88. The lowest BCUT2D eigenvalue weighted by Gasteiger charge is -2.20. The molecule has 0 fully saturated rings. The molecular weight excluding hydrogens is 380 g/mol. The molecule has 0 radical (unpaired) electrons. The summed E-state index contributed by atoms with van der Waals surface area (Å²) in [7, 11) is -3.58. The zero-order valence-corrected chi connectivity index (χ0v) is 17.8. The summed E-state index contributed by atoms with van der Waals surface area (Å²) in [5, 5.41) is 2.87. The van der Waals surface area contributed by atoms with E-state index in [-0.39, 0.29) is 16.6 Å². The molecule has 146 valence electrons. The molecule has 0 saturated carbocycles. The van der Waals surface area contributed by atoms with Gasteiger partial charge < -0.3 is 5.32 Å². The number of hydrogen-bond acceptors (Lipinski definition) is 4. The number of anilines is 1. The normalized spacial score (nSPS) is 11.6. The van der Waals surface area contributed by atoms with Crippen LogP contribution in [0.15, 0.2) is 52.3 Å². The van der Waals surface area contributed by atoms with Crippen molar-refractivity contribution in [2.24, 2.45) is 0 Å². The van der Waals surface area contributed by atoms with Crippen LogP contribution in [-0.2, 0) is 14.8 Å². The van der Waals surface area contributed by atoms with Crippen LogP contribution in [0.3, 0.4) is 0 Å². The number of carbonyl (C=O) groups is 1. The molecule has 1 N–H and O–H groups in total. The Labute approximate surface area is 166 Å². The fraction of sp³-hybridized carbons (Fsp3) is 0.350. The summed E-state index contributed by atoms with van der Waals surface area (Å²) in [6.45, 7) is 8.16. The Morgan fingerprint density at radius 2 is 1.70 bits per heavy atom. The van der Waals surface area contributed by atoms with Gasteiger partial charge in [0.25, 0.3) is 0 Å². The number of aryl methyl sites for hydroxylation is 1. The lowest BCUT2D eigenvalue weighted by molar-refractivity contribution is -0.113. The molecule has 0 saturated heterocycles. The van der Waals surface area contributed by atoms with Gasteiger partial charge in [-0.2, -0.15) is 4.31 Å². The lowest BCUT2D eigenvalue weighted by Crippen LogP contribution is -2.30. The van der Waals surface area contributed by atoms with Crippen LogP contribution in [0.5, 0.6) is 0 Å². The first-order chi connectivity index (χ1) is 12.8. The Kier molecular flexibility index (Phi) is 7.47. The van der Waals surface area contributed by atoms with Crippen LogP contribution in [0.4, 0.5) is 5.69 Å². The molecule has 0 aromatic heterocycles. The first kappa shape index (κ1) is 21.5. The van der Waals surface area contributed by atoms with Gasteiger partial charge in [-0.15, -0.1) is 11.8 Å². The Morgan fingerprint density at radius 1 is 1.07 bits per heavy atom. The molecule has 0 aliphatic rings. The molecule has 0 bridgehead atoms. The second-order valence-corrected chi connectivity index (χ2v) is 9.14. The molecule has 2 aromatic rings. The molecule has 0 unspecified atom stereocenters. The van der Waals surface area contributed by atoms with E-state index in [4.69, 9.17) is 0 Å². The average Bonchev–Trinajstić information content (AvgIpc) is 2.65. The summed E-state index contributed by atoms with van der Waals surface area (Å²) >= 11 is 1.44. The second kappa shape index (κ2) is 9.39. The van der Waals surface area contributed by atoms with Gasteiger partial charge in [-0.3, -0.25) is 4.79 Å². The summed E-state index contributed by atoms with van der Waals surface area (Å²) in [4.78, 5) is 13.6. The number of nitrogens with one attached hydrogen (secondary N) is 1. The van der Waals surface area contributed by atoms with Crippen molar-refractivity contribution in [1.29, 1.82) is 0 Å². The molecule has 0 heterocycles. The predicted octanol–water partition coefficient (Wildman–Crippen LogP) is 4.06. The van der Waals surface area contributed by atoms with Gasteiger partial charge in [0, 0.05) is 23.7 Å². The SMILES string of the molecule is CCN(CC)S(=O)(=O)c1cc(C)c(C)c(NC(=O)CSc2ccccc2)c1. The highest BCUT2D eigenvalue weighted by molar-refractivity contribution is 8.00. The highest BCUT2D eigenvalue weighted by Gasteiger charge is 2.23. The van der Waals surface area contributed by atoms with Crippen LogP contribution in [0.2, 0.25) is 0 Å². The van der Waals surface area contributed by atoms with Gasteiger partial charge in [-0.25, -0.2) is 8.42 Å². The molecule has 1 amide bonds. The molecular formula is C20H26N2O3S2. The summed E-state index contributed by atoms with van der Waals surface area (Å²) in [5.74, 6) is 0.0962. The van der Waals surface area contributed by atoms with Crippen molar-refractivity contribution >= 4 is 33.4 Å². The minimum Gasteiger partial charge on any atom is -0.325 e. The largest absolute Gasteiger partial charge is 0.325 e. The van der Waals surface area contributed by atoms with Crippen molar-refractivity contribution in [3.05, 3.63) is 53.6 Å². The maximum absolute atomic E-state index is 12.8. The molecule has 0 aliphatic heterocycles. The quantitative estimate of drug-likeness (QED) is 0.671. The van der Waals surface area contributed by atoms with Gasteiger partial charge in [-0.1, -0.05) is 32.0 Å². The number of rotatable bonds is 8. The number of nitrogens with zero attached hydrogens (tertiary/aromatic N) is 1. The monoisotopic (exact) mass is 406 g/mol. The van der Waals surface area contributed by atoms with E-state index in [1.807, 2.05) is 58.0 Å². The Balaban J connectivity index is 2.21. The summed E-state index contributed by atoms with van der Waals surface area (Å²) < 4.78 is 27.0. The molecule has 2 aromatic carbocycles. The highest BCUT2D eigenvalue weighted by Crippen LogP contribution is 2.27. The predicted molar refractivity (Wildman–Crippen MR) is 112 cm³/mol. The number of carbonyl (C=O) groups excluding carboxylic acids is 1. The van der Waals surface area contributed by atoms with Gasteiger partial charge in [0.15, 0.2) is 0 Å². The van der Waals surface area contributed by atoms with Crippen LogP contribution >= 0.6 is 11.8 Å². The first-order valence-corrected chi connectivity index (χ1v) is 11.3. The molecule has 0 spiro atoms.